The van der Waals surface area contributed by atoms with Gasteiger partial charge in [0.2, 0.25) is 0 Å². The molecule has 1 rings (SSSR count). The Hall–Kier alpha value is 1.04. The number of hydrogen-bond acceptors (Lipinski definition) is 7. The van der Waals surface area contributed by atoms with Crippen LogP contribution in [0.1, 0.15) is 0 Å². The van der Waals surface area contributed by atoms with Gasteiger partial charge in [-0.05, 0) is 12.2 Å². The first-order valence-corrected chi connectivity index (χ1v) is 6.88. The number of thioether (sulfide) groups is 1. The summed E-state index contributed by atoms with van der Waals surface area (Å²) in [6.45, 7) is 0. The third-order valence-corrected chi connectivity index (χ3v) is 4.17. The molecule has 74 valence electrons. The summed E-state index contributed by atoms with van der Waals surface area (Å²) in [5.41, 5.74) is 0. The van der Waals surface area contributed by atoms with Crippen molar-refractivity contribution in [3.8, 4) is 0 Å². The summed E-state index contributed by atoms with van der Waals surface area (Å²) in [6, 6.07) is 0. The standard InChI is InChI=1S/C4H6N2O3S4.Na/c7-13(8,9)2-1-11-4-6-5-3(10)12-4;/h1-2H2,(H,5,10)(H,7,8,9);/q;+1/p-1. The van der Waals surface area contributed by atoms with Crippen molar-refractivity contribution in [1.29, 1.82) is 0 Å². The van der Waals surface area contributed by atoms with Crippen LogP contribution in [0.15, 0.2) is 4.34 Å². The van der Waals surface area contributed by atoms with E-state index in [1.54, 1.807) is 0 Å². The molecule has 0 saturated heterocycles. The number of rotatable bonds is 4. The average Bonchev–Trinajstić information content (AvgIpc) is 2.33. The molecule has 1 heterocycles. The zero-order valence-corrected chi connectivity index (χ0v) is 12.5. The minimum absolute atomic E-state index is 0. The normalized spacial score (nSPS) is 10.9. The molecule has 0 aromatic carbocycles. The molecule has 0 aliphatic heterocycles. The monoisotopic (exact) mass is 280 g/mol. The van der Waals surface area contributed by atoms with Crippen molar-refractivity contribution in [2.75, 3.05) is 11.5 Å². The molecule has 1 N–H and O–H groups in total. The second-order valence-electron chi connectivity index (χ2n) is 1.99. The van der Waals surface area contributed by atoms with Crippen LogP contribution in [0.25, 0.3) is 0 Å². The SMILES string of the molecule is O=S(=O)([O-])CCSc1n[nH]c(=S)s1.[Na+]. The van der Waals surface area contributed by atoms with Gasteiger partial charge in [-0.3, -0.25) is 5.10 Å². The molecule has 1 aromatic heterocycles. The Morgan fingerprint density at radius 1 is 1.64 bits per heavy atom. The maximum atomic E-state index is 10.2. The molecule has 0 spiro atoms. The molecule has 5 nitrogen and oxygen atoms in total. The molecule has 14 heavy (non-hydrogen) atoms. The van der Waals surface area contributed by atoms with Gasteiger partial charge in [-0.25, -0.2) is 8.42 Å². The van der Waals surface area contributed by atoms with Crippen LogP contribution in [0.2, 0.25) is 0 Å². The molecule has 0 radical (unpaired) electrons. The molecule has 0 amide bonds. The molecule has 0 aliphatic carbocycles. The van der Waals surface area contributed by atoms with Gasteiger partial charge >= 0.3 is 29.6 Å². The fourth-order valence-electron chi connectivity index (χ4n) is 0.509. The quantitative estimate of drug-likeness (QED) is 0.293. The van der Waals surface area contributed by atoms with Gasteiger partial charge in [-0.15, -0.1) is 0 Å². The molecule has 1 aromatic rings. The van der Waals surface area contributed by atoms with Gasteiger partial charge < -0.3 is 4.55 Å². The number of H-pyrrole nitrogens is 1. The Kier molecular flexibility index (Phi) is 7.07. The van der Waals surface area contributed by atoms with Gasteiger partial charge in [-0.2, -0.15) is 5.10 Å². The number of nitrogens with zero attached hydrogens (tertiary/aromatic N) is 1. The van der Waals surface area contributed by atoms with E-state index < -0.39 is 10.1 Å². The number of hydrogen-bond donors (Lipinski definition) is 1. The third kappa shape index (κ3) is 6.51. The van der Waals surface area contributed by atoms with Crippen LogP contribution in [0.4, 0.5) is 0 Å². The van der Waals surface area contributed by atoms with E-state index in [4.69, 9.17) is 12.2 Å². The van der Waals surface area contributed by atoms with E-state index in [0.29, 0.717) is 8.29 Å². The second-order valence-corrected chi connectivity index (χ2v) is 6.52. The largest absolute Gasteiger partial charge is 1.00 e. The van der Waals surface area contributed by atoms with Crippen LogP contribution in [0.3, 0.4) is 0 Å². The minimum Gasteiger partial charge on any atom is -0.748 e. The Balaban J connectivity index is 0.00000169. The van der Waals surface area contributed by atoms with Gasteiger partial charge in [0, 0.05) is 11.5 Å². The Bertz CT molecular complexity index is 424. The summed E-state index contributed by atoms with van der Waals surface area (Å²) in [7, 11) is -4.12. The van der Waals surface area contributed by atoms with Gasteiger partial charge in [0.05, 0.1) is 10.1 Å². The van der Waals surface area contributed by atoms with Gasteiger partial charge in [0.1, 0.15) is 0 Å². The zero-order chi connectivity index (χ0) is 9.90. The predicted octanol–water partition coefficient (Wildman–Crippen LogP) is -2.16. The smallest absolute Gasteiger partial charge is 0.748 e. The molecular formula is C4H5N2NaO3S4. The van der Waals surface area contributed by atoms with Crippen molar-refractivity contribution < 1.29 is 42.5 Å². The second kappa shape index (κ2) is 6.59. The van der Waals surface area contributed by atoms with E-state index in [-0.39, 0.29) is 41.1 Å². The van der Waals surface area contributed by atoms with Crippen molar-refractivity contribution in [2.24, 2.45) is 0 Å². The zero-order valence-electron chi connectivity index (χ0n) is 7.22. The van der Waals surface area contributed by atoms with E-state index in [2.05, 4.69) is 10.2 Å². The summed E-state index contributed by atoms with van der Waals surface area (Å²) in [5, 5.41) is 6.34. The Labute approximate surface area is 117 Å². The average molecular weight is 280 g/mol. The molecule has 0 unspecified atom stereocenters. The maximum Gasteiger partial charge on any atom is 1.00 e. The van der Waals surface area contributed by atoms with Crippen LogP contribution in [0.5, 0.6) is 0 Å². The van der Waals surface area contributed by atoms with E-state index >= 15 is 0 Å². The fourth-order valence-corrected chi connectivity index (χ4v) is 3.46. The first-order chi connectivity index (χ1) is 5.97. The van der Waals surface area contributed by atoms with Crippen LogP contribution in [-0.2, 0) is 10.1 Å². The number of aromatic nitrogens is 2. The summed E-state index contributed by atoms with van der Waals surface area (Å²) in [5.74, 6) is -0.175. The Morgan fingerprint density at radius 2 is 2.29 bits per heavy atom. The van der Waals surface area contributed by atoms with Crippen molar-refractivity contribution in [2.45, 2.75) is 4.34 Å². The third-order valence-electron chi connectivity index (χ3n) is 0.977. The van der Waals surface area contributed by atoms with Crippen molar-refractivity contribution in [3.05, 3.63) is 3.95 Å². The first kappa shape index (κ1) is 15.0. The molecule has 0 bridgehead atoms. The van der Waals surface area contributed by atoms with E-state index in [1.807, 2.05) is 0 Å². The number of nitrogens with one attached hydrogen (secondary N) is 1. The number of aromatic amines is 1. The van der Waals surface area contributed by atoms with Crippen LogP contribution >= 0.6 is 35.3 Å². The maximum absolute atomic E-state index is 10.2. The van der Waals surface area contributed by atoms with Crippen molar-refractivity contribution in [3.63, 3.8) is 0 Å². The summed E-state index contributed by atoms with van der Waals surface area (Å²) in [6.07, 6.45) is 0. The molecule has 0 saturated carbocycles. The molecule has 10 heteroatoms. The van der Waals surface area contributed by atoms with Gasteiger partial charge in [-0.1, -0.05) is 23.1 Å². The van der Waals surface area contributed by atoms with Crippen LogP contribution in [0, 0.1) is 3.95 Å². The topological polar surface area (TPSA) is 85.9 Å². The first-order valence-electron chi connectivity index (χ1n) is 3.09. The fraction of sp³-hybridized carbons (Fsp3) is 0.500. The van der Waals surface area contributed by atoms with Crippen molar-refractivity contribution >= 4 is 45.4 Å². The van der Waals surface area contributed by atoms with E-state index in [1.165, 1.54) is 23.1 Å². The molecular weight excluding hydrogens is 275 g/mol. The van der Waals surface area contributed by atoms with E-state index in [0.717, 1.165) is 0 Å². The Morgan fingerprint density at radius 3 is 2.71 bits per heavy atom. The summed E-state index contributed by atoms with van der Waals surface area (Å²) in [4.78, 5) is 0. The van der Waals surface area contributed by atoms with Gasteiger partial charge in [0.25, 0.3) is 0 Å². The molecule has 0 aliphatic rings. The van der Waals surface area contributed by atoms with Crippen molar-refractivity contribution in [1.82, 2.24) is 10.2 Å². The van der Waals surface area contributed by atoms with E-state index in [9.17, 15) is 13.0 Å². The summed E-state index contributed by atoms with van der Waals surface area (Å²) < 4.78 is 31.8. The minimum atomic E-state index is -4.12. The summed E-state index contributed by atoms with van der Waals surface area (Å²) >= 11 is 7.21. The van der Waals surface area contributed by atoms with Crippen LogP contribution < -0.4 is 29.6 Å². The van der Waals surface area contributed by atoms with Crippen LogP contribution in [-0.4, -0.2) is 34.7 Å². The molecule has 0 fully saturated rings. The molecule has 0 atom stereocenters. The van der Waals surface area contributed by atoms with Gasteiger partial charge in [0.15, 0.2) is 8.29 Å². The predicted molar refractivity (Wildman–Crippen MR) is 52.6 cm³/mol.